The van der Waals surface area contributed by atoms with Crippen LogP contribution in [0.4, 0.5) is 4.39 Å². The molecule has 1 aliphatic rings. The molecule has 3 nitrogen and oxygen atoms in total. The second kappa shape index (κ2) is 3.88. The summed E-state index contributed by atoms with van der Waals surface area (Å²) >= 11 is 0. The Morgan fingerprint density at radius 1 is 1.60 bits per heavy atom. The fourth-order valence-corrected chi connectivity index (χ4v) is 1.66. The van der Waals surface area contributed by atoms with Crippen molar-refractivity contribution in [1.29, 1.82) is 0 Å². The van der Waals surface area contributed by atoms with Gasteiger partial charge in [-0.15, -0.1) is 0 Å². The molecule has 0 amide bonds. The van der Waals surface area contributed by atoms with Crippen molar-refractivity contribution in [3.8, 4) is 0 Å². The highest BCUT2D eigenvalue weighted by molar-refractivity contribution is 5.83. The predicted octanol–water partition coefficient (Wildman–Crippen LogP) is 1.55. The summed E-state index contributed by atoms with van der Waals surface area (Å²) in [6, 6.07) is 6.55. The molecule has 1 unspecified atom stereocenters. The molecule has 15 heavy (non-hydrogen) atoms. The van der Waals surface area contributed by atoms with E-state index >= 15 is 0 Å². The first-order valence-corrected chi connectivity index (χ1v) is 4.98. The monoisotopic (exact) mass is 207 g/mol. The zero-order chi connectivity index (χ0) is 10.8. The molecule has 0 saturated carbocycles. The number of nitrogens with two attached hydrogens (primary N) is 1. The van der Waals surface area contributed by atoms with Gasteiger partial charge in [0.2, 0.25) is 0 Å². The van der Waals surface area contributed by atoms with E-state index in [1.165, 1.54) is 12.1 Å². The molecule has 1 heterocycles. The van der Waals surface area contributed by atoms with Gasteiger partial charge in [-0.25, -0.2) is 4.39 Å². The minimum absolute atomic E-state index is 0.211. The van der Waals surface area contributed by atoms with Crippen molar-refractivity contribution >= 4 is 5.84 Å². The van der Waals surface area contributed by atoms with Crippen molar-refractivity contribution in [2.75, 3.05) is 6.54 Å². The van der Waals surface area contributed by atoms with Crippen LogP contribution in [0, 0.1) is 11.7 Å². The van der Waals surface area contributed by atoms with Crippen LogP contribution in [-0.2, 0) is 6.54 Å². The molecule has 0 aliphatic carbocycles. The van der Waals surface area contributed by atoms with Crippen LogP contribution in [0.25, 0.3) is 0 Å². The van der Waals surface area contributed by atoms with Gasteiger partial charge < -0.3 is 5.73 Å². The summed E-state index contributed by atoms with van der Waals surface area (Å²) in [6.07, 6.45) is 0. The summed E-state index contributed by atoms with van der Waals surface area (Å²) < 4.78 is 12.9. The molecule has 0 aromatic heterocycles. The molecule has 0 radical (unpaired) electrons. The fraction of sp³-hybridized carbons (Fsp3) is 0.364. The molecule has 1 aliphatic heterocycles. The molecule has 1 atom stereocenters. The number of benzene rings is 1. The van der Waals surface area contributed by atoms with Crippen LogP contribution in [0.3, 0.4) is 0 Å². The number of hydrogen-bond donors (Lipinski definition) is 1. The second-order valence-electron chi connectivity index (χ2n) is 3.90. The molecule has 0 spiro atoms. The van der Waals surface area contributed by atoms with E-state index in [-0.39, 0.29) is 5.82 Å². The summed E-state index contributed by atoms with van der Waals surface area (Å²) in [4.78, 5) is 0. The number of hydrazone groups is 1. The minimum Gasteiger partial charge on any atom is -0.385 e. The smallest absolute Gasteiger partial charge is 0.124 e. The van der Waals surface area contributed by atoms with Crippen molar-refractivity contribution in [3.05, 3.63) is 35.6 Å². The van der Waals surface area contributed by atoms with Crippen LogP contribution in [0.5, 0.6) is 0 Å². The van der Waals surface area contributed by atoms with Crippen molar-refractivity contribution in [2.45, 2.75) is 13.5 Å². The molecule has 2 N–H and O–H groups in total. The van der Waals surface area contributed by atoms with Crippen molar-refractivity contribution < 1.29 is 4.39 Å². The van der Waals surface area contributed by atoms with Gasteiger partial charge in [0.1, 0.15) is 11.7 Å². The zero-order valence-corrected chi connectivity index (χ0v) is 8.65. The number of rotatable bonds is 2. The molecule has 1 aromatic rings. The van der Waals surface area contributed by atoms with Gasteiger partial charge in [-0.2, -0.15) is 5.10 Å². The Hall–Kier alpha value is -1.58. The van der Waals surface area contributed by atoms with E-state index in [4.69, 9.17) is 5.73 Å². The van der Waals surface area contributed by atoms with E-state index in [1.54, 1.807) is 6.07 Å². The van der Waals surface area contributed by atoms with Crippen LogP contribution in [-0.4, -0.2) is 17.4 Å². The lowest BCUT2D eigenvalue weighted by Gasteiger charge is -2.14. The summed E-state index contributed by atoms with van der Waals surface area (Å²) in [5, 5.41) is 6.07. The predicted molar refractivity (Wildman–Crippen MR) is 57.6 cm³/mol. The lowest BCUT2D eigenvalue weighted by Crippen LogP contribution is -2.20. The van der Waals surface area contributed by atoms with Crippen molar-refractivity contribution in [3.63, 3.8) is 0 Å². The first-order valence-electron chi connectivity index (χ1n) is 4.98. The second-order valence-corrected chi connectivity index (χ2v) is 3.90. The third-order valence-corrected chi connectivity index (χ3v) is 2.50. The Kier molecular flexibility index (Phi) is 2.58. The molecule has 2 rings (SSSR count). The van der Waals surface area contributed by atoms with Crippen molar-refractivity contribution in [1.82, 2.24) is 5.01 Å². The molecular formula is C11H14FN3. The lowest BCUT2D eigenvalue weighted by atomic mass is 10.1. The number of hydrogen-bond acceptors (Lipinski definition) is 3. The average molecular weight is 207 g/mol. The number of halogens is 1. The highest BCUT2D eigenvalue weighted by Gasteiger charge is 2.19. The molecule has 0 saturated heterocycles. The van der Waals surface area contributed by atoms with E-state index in [0.29, 0.717) is 18.3 Å². The van der Waals surface area contributed by atoms with Gasteiger partial charge in [0.15, 0.2) is 0 Å². The largest absolute Gasteiger partial charge is 0.385 e. The molecule has 0 fully saturated rings. The van der Waals surface area contributed by atoms with Crippen molar-refractivity contribution in [2.24, 2.45) is 16.8 Å². The Morgan fingerprint density at radius 2 is 2.40 bits per heavy atom. The summed E-state index contributed by atoms with van der Waals surface area (Å²) in [5.41, 5.74) is 6.60. The maximum absolute atomic E-state index is 12.9. The molecule has 1 aromatic carbocycles. The maximum Gasteiger partial charge on any atom is 0.124 e. The SMILES string of the molecule is CC1CN(Cc2cccc(F)c2)N=C1N. The number of nitrogens with zero attached hydrogens (tertiary/aromatic N) is 2. The molecule has 0 bridgehead atoms. The fourth-order valence-electron chi connectivity index (χ4n) is 1.66. The summed E-state index contributed by atoms with van der Waals surface area (Å²) in [5.74, 6) is 0.738. The Labute approximate surface area is 88.4 Å². The van der Waals surface area contributed by atoms with Gasteiger partial charge in [0.05, 0.1) is 6.54 Å². The third-order valence-electron chi connectivity index (χ3n) is 2.50. The van der Waals surface area contributed by atoms with Gasteiger partial charge in [0.25, 0.3) is 0 Å². The van der Waals surface area contributed by atoms with Crippen LogP contribution >= 0.6 is 0 Å². The molecule has 80 valence electrons. The van der Waals surface area contributed by atoms with Gasteiger partial charge in [-0.05, 0) is 17.7 Å². The van der Waals surface area contributed by atoms with E-state index < -0.39 is 0 Å². The van der Waals surface area contributed by atoms with E-state index in [0.717, 1.165) is 12.1 Å². The third kappa shape index (κ3) is 2.26. The maximum atomic E-state index is 12.9. The Bertz CT molecular complexity index is 389. The highest BCUT2D eigenvalue weighted by atomic mass is 19.1. The van der Waals surface area contributed by atoms with Crippen LogP contribution < -0.4 is 5.73 Å². The topological polar surface area (TPSA) is 41.6 Å². The first-order chi connectivity index (χ1) is 7.15. The van der Waals surface area contributed by atoms with Crippen LogP contribution in [0.1, 0.15) is 12.5 Å². The average Bonchev–Trinajstić information content (AvgIpc) is 2.45. The first kappa shape index (κ1) is 9.96. The van der Waals surface area contributed by atoms with E-state index in [9.17, 15) is 4.39 Å². The van der Waals surface area contributed by atoms with Gasteiger partial charge in [0, 0.05) is 12.5 Å². The normalized spacial score (nSPS) is 20.5. The van der Waals surface area contributed by atoms with Gasteiger partial charge in [-0.3, -0.25) is 5.01 Å². The lowest BCUT2D eigenvalue weighted by molar-refractivity contribution is 0.291. The Morgan fingerprint density at radius 3 is 3.00 bits per heavy atom. The molecule has 4 heteroatoms. The number of amidine groups is 1. The van der Waals surface area contributed by atoms with E-state index in [1.807, 2.05) is 18.0 Å². The minimum atomic E-state index is -0.211. The standard InChI is InChI=1S/C11H14FN3/c1-8-6-15(14-11(8)13)7-9-3-2-4-10(12)5-9/h2-5,8H,6-7H2,1H3,(H2,13,14). The van der Waals surface area contributed by atoms with Gasteiger partial charge >= 0.3 is 0 Å². The molecular weight excluding hydrogens is 193 g/mol. The summed E-state index contributed by atoms with van der Waals surface area (Å²) in [6.45, 7) is 3.45. The Balaban J connectivity index is 2.05. The quantitative estimate of drug-likeness (QED) is 0.799. The highest BCUT2D eigenvalue weighted by Crippen LogP contribution is 2.14. The van der Waals surface area contributed by atoms with Crippen LogP contribution in [0.15, 0.2) is 29.4 Å². The summed E-state index contributed by atoms with van der Waals surface area (Å²) in [7, 11) is 0. The zero-order valence-electron chi connectivity index (χ0n) is 8.65. The van der Waals surface area contributed by atoms with Gasteiger partial charge in [-0.1, -0.05) is 19.1 Å². The van der Waals surface area contributed by atoms with E-state index in [2.05, 4.69) is 5.10 Å². The van der Waals surface area contributed by atoms with Crippen LogP contribution in [0.2, 0.25) is 0 Å².